The molecule has 0 spiro atoms. The Morgan fingerprint density at radius 2 is 1.35 bits per heavy atom. The summed E-state index contributed by atoms with van der Waals surface area (Å²) in [6, 6.07) is 0. The molecule has 104 valence electrons. The van der Waals surface area contributed by atoms with Gasteiger partial charge >= 0.3 is 8.80 Å². The molecule has 0 aromatic heterocycles. The summed E-state index contributed by atoms with van der Waals surface area (Å²) in [4.78, 5) is 0. The van der Waals surface area contributed by atoms with Crippen molar-refractivity contribution < 1.29 is 13.3 Å². The molecule has 0 bridgehead atoms. The summed E-state index contributed by atoms with van der Waals surface area (Å²) in [5, 5.41) is -0.456. The predicted octanol–water partition coefficient (Wildman–Crippen LogP) is 3.77. The molecule has 3 nitrogen and oxygen atoms in total. The predicted molar refractivity (Wildman–Crippen MR) is 75.0 cm³/mol. The van der Waals surface area contributed by atoms with Crippen molar-refractivity contribution in [1.82, 2.24) is 0 Å². The fourth-order valence-electron chi connectivity index (χ4n) is 1.44. The normalized spacial score (nSPS) is 15.0. The highest BCUT2D eigenvalue weighted by atomic mass is 35.5. The van der Waals surface area contributed by atoms with Crippen molar-refractivity contribution in [3.8, 4) is 0 Å². The molecule has 0 aliphatic heterocycles. The third-order valence-corrected chi connectivity index (χ3v) is 6.27. The fraction of sp³-hybridized carbons (Fsp3) is 1.00. The number of hydrogen-bond donors (Lipinski definition) is 0. The maximum Gasteiger partial charge on any atom is 0.519 e. The van der Waals surface area contributed by atoms with Gasteiger partial charge in [0.25, 0.3) is 0 Å². The lowest BCUT2D eigenvalue weighted by atomic mass is 10.4. The monoisotopic (exact) mass is 322 g/mol. The zero-order valence-electron chi connectivity index (χ0n) is 10.8. The highest BCUT2D eigenvalue weighted by molar-refractivity contribution is 6.71. The van der Waals surface area contributed by atoms with Crippen LogP contribution in [-0.2, 0) is 13.3 Å². The first-order chi connectivity index (χ1) is 7.81. The lowest BCUT2D eigenvalue weighted by Gasteiger charge is -2.33. The Morgan fingerprint density at radius 3 is 1.59 bits per heavy atom. The van der Waals surface area contributed by atoms with E-state index < -0.39 is 18.1 Å². The van der Waals surface area contributed by atoms with Crippen LogP contribution in [0.25, 0.3) is 0 Å². The third-order valence-electron chi connectivity index (χ3n) is 1.96. The molecule has 0 fully saturated rings. The minimum Gasteiger partial charge on any atom is -0.373 e. The molecule has 0 heterocycles. The third kappa shape index (κ3) is 6.62. The Morgan fingerprint density at radius 1 is 1.00 bits per heavy atom. The zero-order valence-corrected chi connectivity index (χ0v) is 14.0. The summed E-state index contributed by atoms with van der Waals surface area (Å²) in [6.07, 6.45) is 0.351. The van der Waals surface area contributed by atoms with Crippen molar-refractivity contribution in [3.05, 3.63) is 0 Å². The molecule has 0 saturated carbocycles. The molecule has 0 rings (SSSR count). The van der Waals surface area contributed by atoms with Crippen LogP contribution in [0.2, 0.25) is 0 Å². The Balaban J connectivity index is 4.83. The van der Waals surface area contributed by atoms with Crippen LogP contribution in [0.3, 0.4) is 0 Å². The Bertz CT molecular complexity index is 194. The maximum absolute atomic E-state index is 6.34. The lowest BCUT2D eigenvalue weighted by Crippen LogP contribution is -2.55. The van der Waals surface area contributed by atoms with Gasteiger partial charge < -0.3 is 13.3 Å². The topological polar surface area (TPSA) is 27.7 Å². The Hall–Kier alpha value is 0.967. The van der Waals surface area contributed by atoms with Gasteiger partial charge in [-0.05, 0) is 27.7 Å². The summed E-state index contributed by atoms with van der Waals surface area (Å²) in [7, 11) is -2.91. The van der Waals surface area contributed by atoms with Crippen molar-refractivity contribution >= 4 is 43.6 Å². The van der Waals surface area contributed by atoms with Crippen LogP contribution in [0, 0.1) is 0 Å². The molecule has 1 unspecified atom stereocenters. The first-order valence-electron chi connectivity index (χ1n) is 5.75. The summed E-state index contributed by atoms with van der Waals surface area (Å²) >= 11 is 18.3. The molecule has 17 heavy (non-hydrogen) atoms. The van der Waals surface area contributed by atoms with E-state index >= 15 is 0 Å². The van der Waals surface area contributed by atoms with Gasteiger partial charge in [-0.1, -0.05) is 0 Å². The molecule has 0 aromatic carbocycles. The van der Waals surface area contributed by atoms with Crippen LogP contribution < -0.4 is 0 Å². The molecule has 0 amide bonds. The van der Waals surface area contributed by atoms with Gasteiger partial charge in [0.05, 0.1) is 0 Å². The molecule has 0 aromatic rings. The summed E-state index contributed by atoms with van der Waals surface area (Å²) in [5.74, 6) is 0. The second kappa shape index (κ2) is 8.20. The molecule has 0 N–H and O–H groups in total. The summed E-state index contributed by atoms with van der Waals surface area (Å²) < 4.78 is 16.1. The second-order valence-corrected chi connectivity index (χ2v) is 9.17. The fourth-order valence-corrected chi connectivity index (χ4v) is 5.70. The van der Waals surface area contributed by atoms with Crippen molar-refractivity contribution in [2.45, 2.75) is 43.4 Å². The van der Waals surface area contributed by atoms with E-state index in [2.05, 4.69) is 0 Å². The smallest absolute Gasteiger partial charge is 0.373 e. The first-order valence-corrected chi connectivity index (χ1v) is 8.74. The van der Waals surface area contributed by atoms with Crippen molar-refractivity contribution in [2.75, 3.05) is 19.8 Å². The van der Waals surface area contributed by atoms with Crippen molar-refractivity contribution in [3.63, 3.8) is 0 Å². The molecule has 0 radical (unpaired) electrons. The van der Waals surface area contributed by atoms with Crippen LogP contribution in [0.4, 0.5) is 0 Å². The van der Waals surface area contributed by atoms with E-state index in [9.17, 15) is 0 Å². The van der Waals surface area contributed by atoms with Gasteiger partial charge in [-0.15, -0.1) is 34.8 Å². The molecule has 7 heteroatoms. The molecule has 1 atom stereocenters. The number of alkyl halides is 3. The van der Waals surface area contributed by atoms with E-state index in [1.165, 1.54) is 0 Å². The number of halogens is 3. The van der Waals surface area contributed by atoms with Gasteiger partial charge in [0.15, 0.2) is 0 Å². The largest absolute Gasteiger partial charge is 0.519 e. The number of rotatable bonds is 9. The van der Waals surface area contributed by atoms with E-state index in [-0.39, 0.29) is 0 Å². The number of hydrogen-bond acceptors (Lipinski definition) is 3. The minimum atomic E-state index is -2.91. The van der Waals surface area contributed by atoms with Crippen LogP contribution in [-0.4, -0.2) is 38.0 Å². The van der Waals surface area contributed by atoms with Gasteiger partial charge in [0, 0.05) is 26.2 Å². The Kier molecular flexibility index (Phi) is 8.67. The SMILES string of the molecule is CCO[Si](OCC)(OCC)C(Cl)CC(C)(Cl)Cl. The van der Waals surface area contributed by atoms with E-state index in [1.54, 1.807) is 6.92 Å². The van der Waals surface area contributed by atoms with Crippen LogP contribution in [0.5, 0.6) is 0 Å². The Labute approximate surface area is 120 Å². The molecule has 0 aliphatic rings. The average Bonchev–Trinajstić information content (AvgIpc) is 2.16. The van der Waals surface area contributed by atoms with Crippen LogP contribution >= 0.6 is 34.8 Å². The second-order valence-electron chi connectivity index (χ2n) is 3.64. The van der Waals surface area contributed by atoms with Crippen LogP contribution in [0.15, 0.2) is 0 Å². The highest BCUT2D eigenvalue weighted by Crippen LogP contribution is 2.33. The van der Waals surface area contributed by atoms with Crippen molar-refractivity contribution in [1.29, 1.82) is 0 Å². The van der Waals surface area contributed by atoms with Gasteiger partial charge in [-0.25, -0.2) is 0 Å². The van der Waals surface area contributed by atoms with Gasteiger partial charge in [-0.2, -0.15) is 0 Å². The highest BCUT2D eigenvalue weighted by Gasteiger charge is 2.50. The van der Waals surface area contributed by atoms with Gasteiger partial charge in [-0.3, -0.25) is 0 Å². The molecular formula is C10H21Cl3O3Si. The zero-order chi connectivity index (χ0) is 13.5. The van der Waals surface area contributed by atoms with E-state index in [0.717, 1.165) is 0 Å². The quantitative estimate of drug-likeness (QED) is 0.477. The summed E-state index contributed by atoms with van der Waals surface area (Å²) in [5.41, 5.74) is 0. The molecule has 0 saturated heterocycles. The first kappa shape index (κ1) is 18.0. The summed E-state index contributed by atoms with van der Waals surface area (Å²) in [6.45, 7) is 8.77. The van der Waals surface area contributed by atoms with E-state index in [0.29, 0.717) is 26.2 Å². The van der Waals surface area contributed by atoms with Gasteiger partial charge in [0.1, 0.15) is 9.33 Å². The maximum atomic E-state index is 6.34. The minimum absolute atomic E-state index is 0.351. The van der Waals surface area contributed by atoms with Gasteiger partial charge in [0.2, 0.25) is 0 Å². The lowest BCUT2D eigenvalue weighted by molar-refractivity contribution is 0.0679. The van der Waals surface area contributed by atoms with E-state index in [4.69, 9.17) is 48.1 Å². The van der Waals surface area contributed by atoms with Crippen LogP contribution in [0.1, 0.15) is 34.1 Å². The van der Waals surface area contributed by atoms with Crippen molar-refractivity contribution in [2.24, 2.45) is 0 Å². The van der Waals surface area contributed by atoms with E-state index in [1.807, 2.05) is 20.8 Å². The standard InChI is InChI=1S/C10H21Cl3O3Si/c1-5-14-17(15-6-2,16-7-3)9(11)8-10(4,12)13/h9H,5-8H2,1-4H3. The average molecular weight is 324 g/mol. The molecule has 0 aliphatic carbocycles. The molecular weight excluding hydrogens is 303 g/mol.